The molecule has 1 aromatic carbocycles. The molecule has 1 N–H and O–H groups in total. The molecule has 0 unspecified atom stereocenters. The molecule has 0 fully saturated rings. The number of aromatic nitrogens is 1. The second-order valence-corrected chi connectivity index (χ2v) is 4.95. The van der Waals surface area contributed by atoms with Gasteiger partial charge in [-0.25, -0.2) is 4.98 Å². The van der Waals surface area contributed by atoms with Crippen molar-refractivity contribution in [2.24, 2.45) is 0 Å². The molecule has 0 aliphatic carbocycles. The molecule has 0 radical (unpaired) electrons. The highest BCUT2D eigenvalue weighted by Crippen LogP contribution is 2.22. The molecule has 2 aromatic rings. The first-order chi connectivity index (χ1) is 9.10. The number of hydrogen-bond donors (Lipinski definition) is 1. The van der Waals surface area contributed by atoms with Crippen LogP contribution in [0.25, 0.3) is 0 Å². The summed E-state index contributed by atoms with van der Waals surface area (Å²) in [7, 11) is 0. The maximum absolute atomic E-state index is 12.0. The second kappa shape index (κ2) is 5.83. The topological polar surface area (TPSA) is 65.8 Å². The van der Waals surface area contributed by atoms with Gasteiger partial charge in [-0.15, -0.1) is 0 Å². The largest absolute Gasteiger partial charge is 0.307 e. The Bertz CT molecular complexity index is 665. The van der Waals surface area contributed by atoms with E-state index in [-0.39, 0.29) is 5.91 Å². The van der Waals surface area contributed by atoms with Crippen LogP contribution in [-0.2, 0) is 0 Å². The summed E-state index contributed by atoms with van der Waals surface area (Å²) < 4.78 is 0.797. The zero-order valence-corrected chi connectivity index (χ0v) is 11.9. The van der Waals surface area contributed by atoms with Gasteiger partial charge in [-0.05, 0) is 30.3 Å². The molecule has 1 amide bonds. The van der Waals surface area contributed by atoms with Crippen LogP contribution >= 0.6 is 27.5 Å². The van der Waals surface area contributed by atoms with Gasteiger partial charge in [-0.3, -0.25) is 4.79 Å². The van der Waals surface area contributed by atoms with E-state index in [2.05, 4.69) is 26.2 Å². The van der Waals surface area contributed by atoms with E-state index < -0.39 is 0 Å². The van der Waals surface area contributed by atoms with Crippen LogP contribution in [0.2, 0.25) is 5.02 Å². The van der Waals surface area contributed by atoms with E-state index in [9.17, 15) is 4.79 Å². The number of hydrogen-bond acceptors (Lipinski definition) is 3. The predicted octanol–water partition coefficient (Wildman–Crippen LogP) is 3.62. The number of nitrogens with one attached hydrogen (secondary N) is 1. The van der Waals surface area contributed by atoms with E-state index in [0.29, 0.717) is 22.0 Å². The molecule has 4 nitrogen and oxygen atoms in total. The lowest BCUT2D eigenvalue weighted by Crippen LogP contribution is -2.13. The molecule has 0 saturated carbocycles. The van der Waals surface area contributed by atoms with Gasteiger partial charge in [0.15, 0.2) is 0 Å². The summed E-state index contributed by atoms with van der Waals surface area (Å²) in [4.78, 5) is 15.9. The fourth-order valence-corrected chi connectivity index (χ4v) is 2.15. The summed E-state index contributed by atoms with van der Waals surface area (Å²) in [6.07, 6.45) is 1.39. The quantitative estimate of drug-likeness (QED) is 0.911. The van der Waals surface area contributed by atoms with Crippen molar-refractivity contribution < 1.29 is 4.79 Å². The third-order valence-electron chi connectivity index (χ3n) is 2.31. The fraction of sp³-hybridized carbons (Fsp3) is 0. The summed E-state index contributed by atoms with van der Waals surface area (Å²) in [5.74, 6) is 0.0118. The Balaban J connectivity index is 2.18. The Morgan fingerprint density at radius 3 is 2.74 bits per heavy atom. The van der Waals surface area contributed by atoms with Crippen molar-refractivity contribution in [3.8, 4) is 6.07 Å². The summed E-state index contributed by atoms with van der Waals surface area (Å²) in [6, 6.07) is 10.1. The molecule has 0 saturated heterocycles. The third-order valence-corrected chi connectivity index (χ3v) is 3.12. The number of carbonyl (C=O) groups excluding carboxylic acids is 1. The Morgan fingerprint density at radius 2 is 2.16 bits per heavy atom. The summed E-state index contributed by atoms with van der Waals surface area (Å²) in [5, 5.41) is 11.6. The van der Waals surface area contributed by atoms with Gasteiger partial charge in [-0.1, -0.05) is 27.5 Å². The number of anilines is 1. The lowest BCUT2D eigenvalue weighted by Gasteiger charge is -2.06. The van der Waals surface area contributed by atoms with E-state index in [0.717, 1.165) is 4.47 Å². The zero-order chi connectivity index (χ0) is 13.8. The average molecular weight is 337 g/mol. The van der Waals surface area contributed by atoms with Crippen LogP contribution in [0.15, 0.2) is 41.0 Å². The van der Waals surface area contributed by atoms with Gasteiger partial charge in [0.1, 0.15) is 11.9 Å². The van der Waals surface area contributed by atoms with Crippen LogP contribution < -0.4 is 5.32 Å². The monoisotopic (exact) mass is 335 g/mol. The molecule has 0 spiro atoms. The highest BCUT2D eigenvalue weighted by atomic mass is 79.9. The SMILES string of the molecule is N#Cc1ccc(NC(=O)c2ccc(Br)cc2Cl)nc1. The lowest BCUT2D eigenvalue weighted by atomic mass is 10.2. The molecule has 94 valence electrons. The van der Waals surface area contributed by atoms with Gasteiger partial charge in [0.25, 0.3) is 5.91 Å². The molecule has 0 atom stereocenters. The molecule has 19 heavy (non-hydrogen) atoms. The van der Waals surface area contributed by atoms with Crippen molar-refractivity contribution in [2.75, 3.05) is 5.32 Å². The second-order valence-electron chi connectivity index (χ2n) is 3.62. The van der Waals surface area contributed by atoms with Gasteiger partial charge in [-0.2, -0.15) is 5.26 Å². The lowest BCUT2D eigenvalue weighted by molar-refractivity contribution is 0.102. The van der Waals surface area contributed by atoms with Gasteiger partial charge in [0.05, 0.1) is 16.1 Å². The number of rotatable bonds is 2. The molecule has 1 aromatic heterocycles. The third kappa shape index (κ3) is 3.31. The minimum atomic E-state index is -0.352. The van der Waals surface area contributed by atoms with Crippen molar-refractivity contribution in [1.29, 1.82) is 5.26 Å². The van der Waals surface area contributed by atoms with Gasteiger partial charge < -0.3 is 5.32 Å². The Labute approximate surface area is 123 Å². The number of benzene rings is 1. The molecule has 1 heterocycles. The number of halogens is 2. The Morgan fingerprint density at radius 1 is 1.37 bits per heavy atom. The maximum atomic E-state index is 12.0. The van der Waals surface area contributed by atoms with Gasteiger partial charge in [0.2, 0.25) is 0 Å². The summed E-state index contributed by atoms with van der Waals surface area (Å²) >= 11 is 9.25. The van der Waals surface area contributed by atoms with Crippen molar-refractivity contribution in [1.82, 2.24) is 4.98 Å². The number of pyridine rings is 1. The van der Waals surface area contributed by atoms with Crippen molar-refractivity contribution in [3.63, 3.8) is 0 Å². The number of nitriles is 1. The van der Waals surface area contributed by atoms with Gasteiger partial charge >= 0.3 is 0 Å². The molecule has 6 heteroatoms. The average Bonchev–Trinajstić information content (AvgIpc) is 2.39. The first-order valence-corrected chi connectivity index (χ1v) is 6.40. The standard InChI is InChI=1S/C13H7BrClN3O/c14-9-2-3-10(11(15)5-9)13(19)18-12-4-1-8(6-16)7-17-12/h1-5,7H,(H,17,18,19). The number of carbonyl (C=O) groups is 1. The highest BCUT2D eigenvalue weighted by molar-refractivity contribution is 9.10. The van der Waals surface area contributed by atoms with E-state index in [4.69, 9.17) is 16.9 Å². The minimum Gasteiger partial charge on any atom is -0.307 e. The van der Waals surface area contributed by atoms with E-state index in [1.807, 2.05) is 6.07 Å². The van der Waals surface area contributed by atoms with Crippen molar-refractivity contribution in [2.45, 2.75) is 0 Å². The smallest absolute Gasteiger partial charge is 0.258 e. The molecular formula is C13H7BrClN3O. The first-order valence-electron chi connectivity index (χ1n) is 5.22. The van der Waals surface area contributed by atoms with Crippen LogP contribution in [0.4, 0.5) is 5.82 Å². The van der Waals surface area contributed by atoms with Crippen molar-refractivity contribution >= 4 is 39.3 Å². The first kappa shape index (κ1) is 13.5. The highest BCUT2D eigenvalue weighted by Gasteiger charge is 2.11. The van der Waals surface area contributed by atoms with E-state index >= 15 is 0 Å². The Kier molecular flexibility index (Phi) is 4.15. The fourth-order valence-electron chi connectivity index (χ4n) is 1.39. The number of amides is 1. The van der Waals surface area contributed by atoms with Crippen LogP contribution in [0.1, 0.15) is 15.9 Å². The van der Waals surface area contributed by atoms with Crippen LogP contribution in [0.5, 0.6) is 0 Å². The Hall–Kier alpha value is -1.90. The predicted molar refractivity (Wildman–Crippen MR) is 76.1 cm³/mol. The molecule has 0 aliphatic heterocycles. The normalized spacial score (nSPS) is 9.74. The summed E-state index contributed by atoms with van der Waals surface area (Å²) in [5.41, 5.74) is 0.788. The van der Waals surface area contributed by atoms with Crippen LogP contribution in [-0.4, -0.2) is 10.9 Å². The molecule has 0 aliphatic rings. The zero-order valence-electron chi connectivity index (χ0n) is 9.52. The molecule has 0 bridgehead atoms. The van der Waals surface area contributed by atoms with E-state index in [1.54, 1.807) is 30.3 Å². The van der Waals surface area contributed by atoms with Gasteiger partial charge in [0, 0.05) is 10.7 Å². The van der Waals surface area contributed by atoms with Crippen molar-refractivity contribution in [3.05, 3.63) is 57.2 Å². The number of nitrogens with zero attached hydrogens (tertiary/aromatic N) is 2. The summed E-state index contributed by atoms with van der Waals surface area (Å²) in [6.45, 7) is 0. The van der Waals surface area contributed by atoms with E-state index in [1.165, 1.54) is 6.20 Å². The van der Waals surface area contributed by atoms with Crippen LogP contribution in [0, 0.1) is 11.3 Å². The molecule has 2 rings (SSSR count). The minimum absolute atomic E-state index is 0.348. The van der Waals surface area contributed by atoms with Crippen LogP contribution in [0.3, 0.4) is 0 Å². The molecular weight excluding hydrogens is 330 g/mol. The maximum Gasteiger partial charge on any atom is 0.258 e.